The van der Waals surface area contributed by atoms with Crippen molar-refractivity contribution in [1.82, 2.24) is 15.2 Å². The summed E-state index contributed by atoms with van der Waals surface area (Å²) in [7, 11) is 0. The molecule has 0 saturated carbocycles. The molecular formula is C26H21ClFN3O3. The van der Waals surface area contributed by atoms with Gasteiger partial charge in [-0.05, 0) is 62.7 Å². The molecule has 2 aromatic carbocycles. The van der Waals surface area contributed by atoms with Gasteiger partial charge in [0.05, 0.1) is 23.0 Å². The number of amides is 2. The van der Waals surface area contributed by atoms with Crippen LogP contribution in [0.3, 0.4) is 0 Å². The van der Waals surface area contributed by atoms with Crippen LogP contribution in [0.2, 0.25) is 5.02 Å². The van der Waals surface area contributed by atoms with E-state index in [-0.39, 0.29) is 28.3 Å². The van der Waals surface area contributed by atoms with Crippen LogP contribution in [0.1, 0.15) is 36.9 Å². The van der Waals surface area contributed by atoms with Crippen LogP contribution in [0.4, 0.5) is 4.39 Å². The minimum absolute atomic E-state index is 0.0146. The van der Waals surface area contributed by atoms with E-state index in [0.29, 0.717) is 22.0 Å². The van der Waals surface area contributed by atoms with Crippen molar-refractivity contribution in [3.8, 4) is 0 Å². The number of piperidine rings is 1. The summed E-state index contributed by atoms with van der Waals surface area (Å²) in [6, 6.07) is 10.6. The minimum Gasteiger partial charge on any atom is -0.464 e. The Bertz CT molecular complexity index is 1530. The molecule has 0 radical (unpaired) electrons. The second kappa shape index (κ2) is 7.82. The highest BCUT2D eigenvalue weighted by molar-refractivity contribution is 6.50. The molecule has 34 heavy (non-hydrogen) atoms. The van der Waals surface area contributed by atoms with Gasteiger partial charge in [0.2, 0.25) is 0 Å². The van der Waals surface area contributed by atoms with Gasteiger partial charge >= 0.3 is 0 Å². The number of imide groups is 1. The molecular weight excluding hydrogens is 457 g/mol. The summed E-state index contributed by atoms with van der Waals surface area (Å²) < 4.78 is 22.8. The van der Waals surface area contributed by atoms with Crippen LogP contribution in [-0.4, -0.2) is 29.0 Å². The molecule has 2 atom stereocenters. The van der Waals surface area contributed by atoms with Crippen LogP contribution in [0.15, 0.2) is 53.3 Å². The Hall–Kier alpha value is -3.42. The number of fused-ring (bicyclic) bond motifs is 2. The van der Waals surface area contributed by atoms with Crippen molar-refractivity contribution < 1.29 is 18.4 Å². The third-order valence-corrected chi connectivity index (χ3v) is 7.04. The number of nitrogens with one attached hydrogen (secondary N) is 2. The largest absolute Gasteiger partial charge is 0.464 e. The summed E-state index contributed by atoms with van der Waals surface area (Å²) in [6.45, 7) is 3.03. The van der Waals surface area contributed by atoms with Gasteiger partial charge in [-0.3, -0.25) is 14.9 Å². The molecule has 6 rings (SSSR count). The molecule has 6 nitrogen and oxygen atoms in total. The van der Waals surface area contributed by atoms with E-state index in [1.165, 1.54) is 12.3 Å². The van der Waals surface area contributed by atoms with Gasteiger partial charge < -0.3 is 14.3 Å². The molecule has 2 amide bonds. The number of carbonyl (C=O) groups excluding carboxylic acids is 2. The molecule has 2 unspecified atom stereocenters. The van der Waals surface area contributed by atoms with Crippen molar-refractivity contribution in [3.63, 3.8) is 0 Å². The van der Waals surface area contributed by atoms with Crippen LogP contribution in [0, 0.1) is 5.82 Å². The Morgan fingerprint density at radius 2 is 1.94 bits per heavy atom. The fourth-order valence-corrected chi connectivity index (χ4v) is 5.45. The van der Waals surface area contributed by atoms with Crippen LogP contribution in [0.5, 0.6) is 0 Å². The highest BCUT2D eigenvalue weighted by atomic mass is 35.5. The zero-order valence-electron chi connectivity index (χ0n) is 18.3. The Balaban J connectivity index is 1.65. The van der Waals surface area contributed by atoms with Crippen molar-refractivity contribution in [1.29, 1.82) is 0 Å². The van der Waals surface area contributed by atoms with Gasteiger partial charge in [0.25, 0.3) is 11.8 Å². The molecule has 8 heteroatoms. The number of carbonyl (C=O) groups is 2. The molecule has 1 fully saturated rings. The van der Waals surface area contributed by atoms with E-state index in [0.717, 1.165) is 30.3 Å². The number of benzene rings is 2. The number of halogens is 2. The highest BCUT2D eigenvalue weighted by Crippen LogP contribution is 2.41. The number of rotatable bonds is 3. The van der Waals surface area contributed by atoms with E-state index in [1.807, 2.05) is 18.3 Å². The number of aromatic nitrogens is 1. The fourth-order valence-electron chi connectivity index (χ4n) is 5.28. The molecule has 0 aliphatic carbocycles. The summed E-state index contributed by atoms with van der Waals surface area (Å²) in [4.78, 5) is 26.1. The summed E-state index contributed by atoms with van der Waals surface area (Å²) in [5, 5.41) is 7.71. The molecule has 4 heterocycles. The molecule has 2 aliphatic heterocycles. The van der Waals surface area contributed by atoms with Crippen molar-refractivity contribution in [2.75, 3.05) is 6.54 Å². The lowest BCUT2D eigenvalue weighted by molar-refractivity contribution is -0.122. The van der Waals surface area contributed by atoms with E-state index >= 15 is 4.39 Å². The van der Waals surface area contributed by atoms with Crippen molar-refractivity contribution >= 4 is 56.4 Å². The molecule has 2 aliphatic rings. The second-order valence-corrected chi connectivity index (χ2v) is 9.38. The number of furan rings is 1. The topological polar surface area (TPSA) is 76.3 Å². The van der Waals surface area contributed by atoms with Crippen molar-refractivity contribution in [2.45, 2.75) is 31.8 Å². The minimum atomic E-state index is -0.652. The molecule has 2 N–H and O–H groups in total. The first kappa shape index (κ1) is 21.1. The second-order valence-electron chi connectivity index (χ2n) is 8.94. The monoisotopic (exact) mass is 477 g/mol. The van der Waals surface area contributed by atoms with Crippen LogP contribution in [0.25, 0.3) is 33.0 Å². The van der Waals surface area contributed by atoms with Crippen molar-refractivity contribution in [2.24, 2.45) is 0 Å². The molecule has 4 aromatic rings. The Kier molecular flexibility index (Phi) is 4.86. The lowest BCUT2D eigenvalue weighted by Gasteiger charge is -2.29. The van der Waals surface area contributed by atoms with Gasteiger partial charge in [-0.2, -0.15) is 0 Å². The SMILES string of the molecule is CC1CC(n2cc(C3=C(c4c(F)ccc5ccoc45)C(=O)NC3=O)c3cc(Cl)ccc32)CCN1. The van der Waals surface area contributed by atoms with E-state index in [9.17, 15) is 9.59 Å². The Labute approximate surface area is 199 Å². The van der Waals surface area contributed by atoms with Crippen LogP contribution < -0.4 is 10.6 Å². The first-order valence-electron chi connectivity index (χ1n) is 11.2. The van der Waals surface area contributed by atoms with E-state index in [1.54, 1.807) is 18.2 Å². The standard InChI is InChI=1S/C26H21ClFN3O3/c1-13-10-16(6-8-29-13)31-12-18(17-11-15(27)3-5-20(17)31)21-23(26(33)30-25(21)32)22-19(28)4-2-14-7-9-34-24(14)22/h2-5,7,9,11-13,16,29H,6,8,10H2,1H3,(H,30,32,33). The number of nitrogens with zero attached hydrogens (tertiary/aromatic N) is 1. The predicted molar refractivity (Wildman–Crippen MR) is 129 cm³/mol. The number of hydrogen-bond acceptors (Lipinski definition) is 4. The summed E-state index contributed by atoms with van der Waals surface area (Å²) in [6.07, 6.45) is 5.18. The van der Waals surface area contributed by atoms with E-state index < -0.39 is 17.6 Å². The van der Waals surface area contributed by atoms with E-state index in [2.05, 4.69) is 22.1 Å². The average Bonchev–Trinajstić information content (AvgIpc) is 3.49. The van der Waals surface area contributed by atoms with Gasteiger partial charge in [-0.15, -0.1) is 0 Å². The summed E-state index contributed by atoms with van der Waals surface area (Å²) in [5.41, 5.74) is 1.77. The van der Waals surface area contributed by atoms with Gasteiger partial charge in [0, 0.05) is 45.2 Å². The Morgan fingerprint density at radius 3 is 2.76 bits per heavy atom. The maximum absolute atomic E-state index is 15.1. The van der Waals surface area contributed by atoms with Gasteiger partial charge in [0.15, 0.2) is 0 Å². The van der Waals surface area contributed by atoms with Crippen LogP contribution >= 0.6 is 11.6 Å². The van der Waals surface area contributed by atoms with Crippen molar-refractivity contribution in [3.05, 3.63) is 70.8 Å². The third-order valence-electron chi connectivity index (χ3n) is 6.81. The van der Waals surface area contributed by atoms with Gasteiger partial charge in [0.1, 0.15) is 11.4 Å². The van der Waals surface area contributed by atoms with Gasteiger partial charge in [-0.25, -0.2) is 4.39 Å². The van der Waals surface area contributed by atoms with Crippen LogP contribution in [-0.2, 0) is 9.59 Å². The van der Waals surface area contributed by atoms with E-state index in [4.69, 9.17) is 16.0 Å². The summed E-state index contributed by atoms with van der Waals surface area (Å²) in [5.74, 6) is -1.85. The lowest BCUT2D eigenvalue weighted by atomic mass is 9.94. The molecule has 172 valence electrons. The number of hydrogen-bond donors (Lipinski definition) is 2. The average molecular weight is 478 g/mol. The first-order chi connectivity index (χ1) is 16.4. The highest BCUT2D eigenvalue weighted by Gasteiger charge is 2.37. The molecule has 0 spiro atoms. The van der Waals surface area contributed by atoms with Gasteiger partial charge in [-0.1, -0.05) is 11.6 Å². The first-order valence-corrected chi connectivity index (χ1v) is 11.6. The maximum Gasteiger partial charge on any atom is 0.259 e. The normalized spacial score (nSPS) is 21.1. The molecule has 1 saturated heterocycles. The molecule has 2 aromatic heterocycles. The third kappa shape index (κ3) is 3.19. The zero-order valence-corrected chi connectivity index (χ0v) is 19.1. The maximum atomic E-state index is 15.1. The summed E-state index contributed by atoms with van der Waals surface area (Å²) >= 11 is 6.34. The lowest BCUT2D eigenvalue weighted by Crippen LogP contribution is -2.36. The smallest absolute Gasteiger partial charge is 0.259 e. The molecule has 0 bridgehead atoms. The quantitative estimate of drug-likeness (QED) is 0.404. The fraction of sp³-hybridized carbons (Fsp3) is 0.231. The Morgan fingerprint density at radius 1 is 1.12 bits per heavy atom. The zero-order chi connectivity index (χ0) is 23.6. The predicted octanol–water partition coefficient (Wildman–Crippen LogP) is 5.06.